The molecule has 4 rings (SSSR count). The summed E-state index contributed by atoms with van der Waals surface area (Å²) in [6.45, 7) is 0.380. The first-order valence-corrected chi connectivity index (χ1v) is 9.82. The Morgan fingerprint density at radius 2 is 1.97 bits per heavy atom. The maximum atomic E-state index is 12.2. The Kier molecular flexibility index (Phi) is 6.35. The second kappa shape index (κ2) is 9.69. The van der Waals surface area contributed by atoms with E-state index in [0.717, 1.165) is 16.7 Å². The van der Waals surface area contributed by atoms with Crippen molar-refractivity contribution in [2.75, 3.05) is 0 Å². The Bertz CT molecular complexity index is 1190. The number of nitrogens with one attached hydrogen (secondary N) is 2. The Morgan fingerprint density at radius 1 is 1.13 bits per heavy atom. The highest BCUT2D eigenvalue weighted by molar-refractivity contribution is 6.31. The van der Waals surface area contributed by atoms with Crippen molar-refractivity contribution in [3.63, 3.8) is 0 Å². The summed E-state index contributed by atoms with van der Waals surface area (Å²) in [6.07, 6.45) is 4.83. The Labute approximate surface area is 183 Å². The van der Waals surface area contributed by atoms with Crippen LogP contribution in [0, 0.1) is 0 Å². The number of hydrogen-bond donors (Lipinski definition) is 2. The first kappa shape index (κ1) is 20.3. The highest BCUT2D eigenvalue weighted by atomic mass is 35.5. The lowest BCUT2D eigenvalue weighted by Gasteiger charge is -2.08. The number of pyridine rings is 1. The topological polar surface area (TPSA) is 92.3 Å². The van der Waals surface area contributed by atoms with Crippen LogP contribution in [0.3, 0.4) is 0 Å². The first-order chi connectivity index (χ1) is 15.2. The normalized spacial score (nSPS) is 10.9. The molecule has 4 aromatic rings. The number of aromatic amines is 1. The lowest BCUT2D eigenvalue weighted by molar-refractivity contribution is 0.0950. The van der Waals surface area contributed by atoms with Gasteiger partial charge < -0.3 is 4.74 Å². The third kappa shape index (κ3) is 5.34. The molecule has 0 spiro atoms. The molecule has 2 aromatic carbocycles. The van der Waals surface area contributed by atoms with Crippen LogP contribution in [0.25, 0.3) is 11.3 Å². The van der Waals surface area contributed by atoms with Crippen LogP contribution in [-0.4, -0.2) is 27.3 Å². The van der Waals surface area contributed by atoms with Gasteiger partial charge >= 0.3 is 0 Å². The molecule has 0 atom stereocenters. The summed E-state index contributed by atoms with van der Waals surface area (Å²) in [6, 6.07) is 20.3. The number of benzene rings is 2. The zero-order valence-corrected chi connectivity index (χ0v) is 17.1. The van der Waals surface area contributed by atoms with Gasteiger partial charge in [0.1, 0.15) is 18.1 Å². The summed E-state index contributed by atoms with van der Waals surface area (Å²) < 4.78 is 5.79. The van der Waals surface area contributed by atoms with Crippen LogP contribution < -0.4 is 10.2 Å². The Morgan fingerprint density at radius 3 is 2.74 bits per heavy atom. The molecule has 0 aliphatic heterocycles. The van der Waals surface area contributed by atoms with Crippen molar-refractivity contribution in [1.82, 2.24) is 20.6 Å². The van der Waals surface area contributed by atoms with Crippen molar-refractivity contribution in [3.8, 4) is 17.0 Å². The van der Waals surface area contributed by atoms with Crippen LogP contribution in [-0.2, 0) is 6.61 Å². The van der Waals surface area contributed by atoms with Crippen molar-refractivity contribution in [3.05, 3.63) is 101 Å². The van der Waals surface area contributed by atoms with E-state index in [9.17, 15) is 4.79 Å². The van der Waals surface area contributed by atoms with E-state index >= 15 is 0 Å². The number of carbonyl (C=O) groups is 1. The van der Waals surface area contributed by atoms with Crippen LogP contribution in [0.4, 0.5) is 0 Å². The molecule has 2 heterocycles. The molecule has 0 unspecified atom stereocenters. The van der Waals surface area contributed by atoms with Gasteiger partial charge in [-0.1, -0.05) is 35.9 Å². The van der Waals surface area contributed by atoms with Gasteiger partial charge in [0.05, 0.1) is 11.9 Å². The second-order valence-electron chi connectivity index (χ2n) is 6.56. The minimum Gasteiger partial charge on any atom is -0.489 e. The van der Waals surface area contributed by atoms with Gasteiger partial charge in [0.15, 0.2) is 0 Å². The SMILES string of the molecule is O=C(N/N=C\c1cccnc1)c1cc(-c2ccc(OCc3ccccc3Cl)cc2)n[nH]1. The van der Waals surface area contributed by atoms with Gasteiger partial charge in [-0.25, -0.2) is 5.43 Å². The number of hydrazone groups is 1. The Balaban J connectivity index is 1.35. The summed E-state index contributed by atoms with van der Waals surface area (Å²) in [5.41, 5.74) is 5.95. The molecule has 0 saturated heterocycles. The van der Waals surface area contributed by atoms with Gasteiger partial charge in [-0.3, -0.25) is 14.9 Å². The summed E-state index contributed by atoms with van der Waals surface area (Å²) in [7, 11) is 0. The predicted molar refractivity (Wildman–Crippen MR) is 119 cm³/mol. The molecular formula is C23H18ClN5O2. The molecule has 2 aromatic heterocycles. The number of amides is 1. The monoisotopic (exact) mass is 431 g/mol. The molecule has 8 heteroatoms. The van der Waals surface area contributed by atoms with Gasteiger partial charge in [0.25, 0.3) is 5.91 Å². The summed E-state index contributed by atoms with van der Waals surface area (Å²) in [5, 5.41) is 11.5. The minimum atomic E-state index is -0.390. The van der Waals surface area contributed by atoms with Gasteiger partial charge in [-0.05, 0) is 42.5 Å². The number of rotatable bonds is 7. The third-order valence-electron chi connectivity index (χ3n) is 4.39. The molecule has 0 radical (unpaired) electrons. The lowest BCUT2D eigenvalue weighted by Crippen LogP contribution is -2.18. The molecule has 1 amide bonds. The number of ether oxygens (including phenoxy) is 1. The molecule has 31 heavy (non-hydrogen) atoms. The van der Waals surface area contributed by atoms with Crippen molar-refractivity contribution in [2.24, 2.45) is 5.10 Å². The number of nitrogens with zero attached hydrogens (tertiary/aromatic N) is 3. The molecule has 2 N–H and O–H groups in total. The fourth-order valence-corrected chi connectivity index (χ4v) is 2.95. The zero-order chi connectivity index (χ0) is 21.5. The summed E-state index contributed by atoms with van der Waals surface area (Å²) in [4.78, 5) is 16.2. The fourth-order valence-electron chi connectivity index (χ4n) is 2.76. The molecule has 0 fully saturated rings. The van der Waals surface area contributed by atoms with Crippen LogP contribution in [0.1, 0.15) is 21.6 Å². The van der Waals surface area contributed by atoms with Gasteiger partial charge in [-0.15, -0.1) is 0 Å². The molecule has 0 saturated carbocycles. The fraction of sp³-hybridized carbons (Fsp3) is 0.0435. The average Bonchev–Trinajstić information content (AvgIpc) is 3.30. The van der Waals surface area contributed by atoms with E-state index in [1.165, 1.54) is 6.21 Å². The highest BCUT2D eigenvalue weighted by Crippen LogP contribution is 2.23. The summed E-state index contributed by atoms with van der Waals surface area (Å²) >= 11 is 6.15. The molecule has 0 aliphatic rings. The van der Waals surface area contributed by atoms with Gasteiger partial charge in [-0.2, -0.15) is 10.2 Å². The quantitative estimate of drug-likeness (QED) is 0.333. The number of carbonyl (C=O) groups excluding carboxylic acids is 1. The number of hydrogen-bond acceptors (Lipinski definition) is 5. The van der Waals surface area contributed by atoms with E-state index in [1.54, 1.807) is 24.5 Å². The molecule has 0 bridgehead atoms. The highest BCUT2D eigenvalue weighted by Gasteiger charge is 2.10. The van der Waals surface area contributed by atoms with Crippen molar-refractivity contribution < 1.29 is 9.53 Å². The van der Waals surface area contributed by atoms with Gasteiger partial charge in [0, 0.05) is 34.1 Å². The maximum Gasteiger partial charge on any atom is 0.289 e. The van der Waals surface area contributed by atoms with E-state index in [0.29, 0.717) is 28.8 Å². The van der Waals surface area contributed by atoms with E-state index < -0.39 is 5.91 Å². The van der Waals surface area contributed by atoms with Crippen molar-refractivity contribution in [1.29, 1.82) is 0 Å². The standard InChI is InChI=1S/C23H18ClN5O2/c24-20-6-2-1-5-18(20)15-31-19-9-7-17(8-10-19)21-12-22(28-27-21)23(30)29-26-14-16-4-3-11-25-13-16/h1-14H,15H2,(H,27,28)(H,29,30)/b26-14-. The largest absolute Gasteiger partial charge is 0.489 e. The van der Waals surface area contributed by atoms with Gasteiger partial charge in [0.2, 0.25) is 0 Å². The van der Waals surface area contributed by atoms with E-state index in [-0.39, 0.29) is 0 Å². The molecule has 154 valence electrons. The van der Waals surface area contributed by atoms with E-state index in [1.807, 2.05) is 54.6 Å². The average molecular weight is 432 g/mol. The van der Waals surface area contributed by atoms with E-state index in [2.05, 4.69) is 25.7 Å². The maximum absolute atomic E-state index is 12.2. The smallest absolute Gasteiger partial charge is 0.289 e. The first-order valence-electron chi connectivity index (χ1n) is 9.44. The van der Waals surface area contributed by atoms with Crippen LogP contribution >= 0.6 is 11.6 Å². The Hall–Kier alpha value is -3.97. The lowest BCUT2D eigenvalue weighted by atomic mass is 10.1. The zero-order valence-electron chi connectivity index (χ0n) is 16.3. The minimum absolute atomic E-state index is 0.303. The van der Waals surface area contributed by atoms with E-state index in [4.69, 9.17) is 16.3 Å². The van der Waals surface area contributed by atoms with Crippen molar-refractivity contribution >= 4 is 23.7 Å². The van der Waals surface area contributed by atoms with Crippen LogP contribution in [0.2, 0.25) is 5.02 Å². The van der Waals surface area contributed by atoms with Crippen molar-refractivity contribution in [2.45, 2.75) is 6.61 Å². The molecule has 7 nitrogen and oxygen atoms in total. The molecular weight excluding hydrogens is 414 g/mol. The number of halogens is 1. The van der Waals surface area contributed by atoms with Crippen LogP contribution in [0.15, 0.2) is 84.2 Å². The third-order valence-corrected chi connectivity index (χ3v) is 4.76. The second-order valence-corrected chi connectivity index (χ2v) is 6.96. The number of aromatic nitrogens is 3. The number of H-pyrrole nitrogens is 1. The predicted octanol–water partition coefficient (Wildman–Crippen LogP) is 4.47. The molecule has 0 aliphatic carbocycles. The van der Waals surface area contributed by atoms with Crippen LogP contribution in [0.5, 0.6) is 5.75 Å². The summed E-state index contributed by atoms with van der Waals surface area (Å²) in [5.74, 6) is 0.320.